The van der Waals surface area contributed by atoms with Gasteiger partial charge in [-0.1, -0.05) is 30.3 Å². The number of rotatable bonds is 8. The minimum absolute atomic E-state index is 0.222. The molecular formula is C26H23NO6S. The van der Waals surface area contributed by atoms with Crippen LogP contribution in [0.2, 0.25) is 0 Å². The number of esters is 1. The molecule has 1 amide bonds. The van der Waals surface area contributed by atoms with E-state index in [9.17, 15) is 19.5 Å². The molecule has 1 heterocycles. The molecule has 0 fully saturated rings. The smallest absolute Gasteiger partial charge is 0.338 e. The van der Waals surface area contributed by atoms with Crippen molar-refractivity contribution in [1.29, 1.82) is 0 Å². The van der Waals surface area contributed by atoms with Crippen LogP contribution in [-0.4, -0.2) is 41.4 Å². The number of carbonyl (C=O) groups is 3. The van der Waals surface area contributed by atoms with Crippen molar-refractivity contribution < 1.29 is 29.0 Å². The lowest BCUT2D eigenvalue weighted by atomic mass is 10.1. The van der Waals surface area contributed by atoms with Crippen molar-refractivity contribution in [3.63, 3.8) is 0 Å². The Morgan fingerprint density at radius 1 is 1.00 bits per heavy atom. The highest BCUT2D eigenvalue weighted by atomic mass is 32.2. The number of carbonyl (C=O) groups excluding carboxylic acids is 2. The molecular weight excluding hydrogens is 454 g/mol. The van der Waals surface area contributed by atoms with Gasteiger partial charge in [-0.2, -0.15) is 0 Å². The third kappa shape index (κ3) is 5.40. The van der Waals surface area contributed by atoms with E-state index in [1.54, 1.807) is 19.1 Å². The van der Waals surface area contributed by atoms with Gasteiger partial charge < -0.3 is 14.6 Å². The van der Waals surface area contributed by atoms with Crippen molar-refractivity contribution in [3.8, 4) is 11.5 Å². The summed E-state index contributed by atoms with van der Waals surface area (Å²) >= 11 is 1.36. The number of aliphatic carboxylic acids is 1. The fourth-order valence-corrected chi connectivity index (χ4v) is 4.87. The Bertz CT molecular complexity index is 1200. The standard InChI is InChI=1S/C26H23NO6S/c1-2-32-26(31)18-10-13-22-21(15-18)27(16-24(28)29)25(30)23(34-22)14-17-8-11-20(12-9-17)33-19-6-4-3-5-7-19/h3-13,15,23H,2,14,16H2,1H3,(H,28,29). The quantitative estimate of drug-likeness (QED) is 0.466. The monoisotopic (exact) mass is 477 g/mol. The summed E-state index contributed by atoms with van der Waals surface area (Å²) < 4.78 is 10.8. The molecule has 1 N–H and O–H groups in total. The molecule has 174 valence electrons. The highest BCUT2D eigenvalue weighted by molar-refractivity contribution is 8.01. The number of fused-ring (bicyclic) bond motifs is 1. The first-order valence-corrected chi connectivity index (χ1v) is 11.7. The number of nitrogens with zero attached hydrogens (tertiary/aromatic N) is 1. The number of carboxylic acids is 1. The molecule has 0 aliphatic carbocycles. The van der Waals surface area contributed by atoms with E-state index in [0.717, 1.165) is 16.2 Å². The highest BCUT2D eigenvalue weighted by Gasteiger charge is 2.35. The van der Waals surface area contributed by atoms with Crippen LogP contribution in [0, 0.1) is 0 Å². The average Bonchev–Trinajstić information content (AvgIpc) is 2.83. The molecule has 1 aliphatic rings. The van der Waals surface area contributed by atoms with Gasteiger partial charge in [-0.3, -0.25) is 14.5 Å². The maximum Gasteiger partial charge on any atom is 0.338 e. The molecule has 34 heavy (non-hydrogen) atoms. The summed E-state index contributed by atoms with van der Waals surface area (Å²) in [5, 5.41) is 8.89. The van der Waals surface area contributed by atoms with Gasteiger partial charge in [-0.15, -0.1) is 11.8 Å². The number of hydrogen-bond acceptors (Lipinski definition) is 6. The molecule has 3 aromatic carbocycles. The zero-order chi connectivity index (χ0) is 24.1. The zero-order valence-corrected chi connectivity index (χ0v) is 19.3. The normalized spacial score (nSPS) is 14.9. The molecule has 0 spiro atoms. The number of ether oxygens (including phenoxy) is 2. The van der Waals surface area contributed by atoms with Crippen molar-refractivity contribution in [2.24, 2.45) is 0 Å². The Morgan fingerprint density at radius 2 is 1.71 bits per heavy atom. The number of benzene rings is 3. The van der Waals surface area contributed by atoms with Crippen LogP contribution in [-0.2, 0) is 20.7 Å². The van der Waals surface area contributed by atoms with Crippen LogP contribution in [0.4, 0.5) is 5.69 Å². The minimum atomic E-state index is -1.13. The zero-order valence-electron chi connectivity index (χ0n) is 18.5. The Labute approximate surface area is 201 Å². The fourth-order valence-electron chi connectivity index (χ4n) is 3.63. The number of para-hydroxylation sites is 1. The van der Waals surface area contributed by atoms with Crippen LogP contribution in [0.25, 0.3) is 0 Å². The van der Waals surface area contributed by atoms with E-state index >= 15 is 0 Å². The van der Waals surface area contributed by atoms with E-state index in [2.05, 4.69) is 0 Å². The number of hydrogen-bond donors (Lipinski definition) is 1. The van der Waals surface area contributed by atoms with Gasteiger partial charge in [-0.25, -0.2) is 4.79 Å². The van der Waals surface area contributed by atoms with Crippen LogP contribution >= 0.6 is 11.8 Å². The van der Waals surface area contributed by atoms with Crippen molar-refractivity contribution in [2.75, 3.05) is 18.1 Å². The second kappa shape index (κ2) is 10.4. The van der Waals surface area contributed by atoms with Crippen LogP contribution in [0.1, 0.15) is 22.8 Å². The van der Waals surface area contributed by atoms with Crippen molar-refractivity contribution >= 4 is 35.3 Å². The van der Waals surface area contributed by atoms with Crippen LogP contribution in [0.3, 0.4) is 0 Å². The number of thioether (sulfide) groups is 1. The predicted molar refractivity (Wildman–Crippen MR) is 129 cm³/mol. The maximum absolute atomic E-state index is 13.2. The third-order valence-corrected chi connectivity index (χ3v) is 6.44. The van der Waals surface area contributed by atoms with Crippen LogP contribution in [0.15, 0.2) is 77.7 Å². The Morgan fingerprint density at radius 3 is 2.38 bits per heavy atom. The van der Waals surface area contributed by atoms with Gasteiger partial charge in [0.25, 0.3) is 0 Å². The molecule has 1 atom stereocenters. The second-order valence-electron chi connectivity index (χ2n) is 7.59. The van der Waals surface area contributed by atoms with Gasteiger partial charge in [0.1, 0.15) is 18.0 Å². The van der Waals surface area contributed by atoms with Gasteiger partial charge in [-0.05, 0) is 61.4 Å². The van der Waals surface area contributed by atoms with Crippen molar-refractivity contribution in [1.82, 2.24) is 0 Å². The first-order valence-electron chi connectivity index (χ1n) is 10.8. The molecule has 1 aliphatic heterocycles. The summed E-state index contributed by atoms with van der Waals surface area (Å²) in [6.45, 7) is 1.44. The maximum atomic E-state index is 13.2. The number of carboxylic acid groups (broad SMARTS) is 1. The van der Waals surface area contributed by atoms with Gasteiger partial charge in [0.05, 0.1) is 23.1 Å². The molecule has 0 radical (unpaired) electrons. The minimum Gasteiger partial charge on any atom is -0.480 e. The molecule has 3 aromatic rings. The Kier molecular flexibility index (Phi) is 7.18. The molecule has 8 heteroatoms. The van der Waals surface area contributed by atoms with E-state index in [-0.39, 0.29) is 18.1 Å². The lowest BCUT2D eigenvalue weighted by Gasteiger charge is -2.33. The van der Waals surface area contributed by atoms with E-state index in [1.807, 2.05) is 54.6 Å². The van der Waals surface area contributed by atoms with Gasteiger partial charge in [0.15, 0.2) is 0 Å². The largest absolute Gasteiger partial charge is 0.480 e. The lowest BCUT2D eigenvalue weighted by Crippen LogP contribution is -2.44. The van der Waals surface area contributed by atoms with Crippen molar-refractivity contribution in [2.45, 2.75) is 23.5 Å². The lowest BCUT2D eigenvalue weighted by molar-refractivity contribution is -0.136. The van der Waals surface area contributed by atoms with E-state index in [4.69, 9.17) is 9.47 Å². The molecule has 7 nitrogen and oxygen atoms in total. The van der Waals surface area contributed by atoms with Gasteiger partial charge in [0.2, 0.25) is 5.91 Å². The summed E-state index contributed by atoms with van der Waals surface area (Å²) in [7, 11) is 0. The first-order chi connectivity index (χ1) is 16.4. The van der Waals surface area contributed by atoms with Crippen molar-refractivity contribution in [3.05, 3.63) is 83.9 Å². The average molecular weight is 478 g/mol. The molecule has 0 bridgehead atoms. The summed E-state index contributed by atoms with van der Waals surface area (Å²) in [6.07, 6.45) is 0.421. The molecule has 0 saturated heterocycles. The summed E-state index contributed by atoms with van der Waals surface area (Å²) in [5.41, 5.74) is 1.61. The molecule has 0 aromatic heterocycles. The van der Waals surface area contributed by atoms with E-state index < -0.39 is 23.7 Å². The number of anilines is 1. The first kappa shape index (κ1) is 23.4. The predicted octanol–water partition coefficient (Wildman–Crippen LogP) is 4.79. The second-order valence-corrected chi connectivity index (χ2v) is 8.84. The molecule has 0 saturated carbocycles. The van der Waals surface area contributed by atoms with Gasteiger partial charge in [0, 0.05) is 4.90 Å². The van der Waals surface area contributed by atoms with E-state index in [1.165, 1.54) is 22.7 Å². The van der Waals surface area contributed by atoms with E-state index in [0.29, 0.717) is 17.9 Å². The number of amides is 1. The summed E-state index contributed by atoms with van der Waals surface area (Å²) in [6, 6.07) is 21.8. The highest BCUT2D eigenvalue weighted by Crippen LogP contribution is 2.41. The summed E-state index contributed by atoms with van der Waals surface area (Å²) in [4.78, 5) is 38.8. The fraction of sp³-hybridized carbons (Fsp3) is 0.192. The van der Waals surface area contributed by atoms with Crippen LogP contribution in [0.5, 0.6) is 11.5 Å². The SMILES string of the molecule is CCOC(=O)c1ccc2c(c1)N(CC(=O)O)C(=O)C(Cc1ccc(Oc3ccccc3)cc1)S2. The Balaban J connectivity index is 1.54. The third-order valence-electron chi connectivity index (χ3n) is 5.19. The molecule has 1 unspecified atom stereocenters. The van der Waals surface area contributed by atoms with Crippen LogP contribution < -0.4 is 9.64 Å². The van der Waals surface area contributed by atoms with Gasteiger partial charge >= 0.3 is 11.9 Å². The topological polar surface area (TPSA) is 93.1 Å². The molecule has 4 rings (SSSR count). The Hall–Kier alpha value is -3.78. The summed E-state index contributed by atoms with van der Waals surface area (Å²) in [5.74, 6) is -0.546.